The number of anilines is 2. The average molecular weight is 641 g/mol. The number of fused-ring (bicyclic) bond motifs is 1. The molecule has 1 saturated carbocycles. The minimum absolute atomic E-state index is 0.00260. The fraction of sp³-hybridized carbons (Fsp3) is 0.552. The smallest absolute Gasteiger partial charge is 0.418 e. The molecule has 5 heterocycles. The van der Waals surface area contributed by atoms with Crippen LogP contribution < -0.4 is 20.1 Å². The van der Waals surface area contributed by atoms with Crippen LogP contribution in [0.3, 0.4) is 0 Å². The molecule has 2 aromatic heterocycles. The van der Waals surface area contributed by atoms with Gasteiger partial charge in [-0.15, -0.1) is 0 Å². The Morgan fingerprint density at radius 3 is 2.70 bits per heavy atom. The third-order valence-electron chi connectivity index (χ3n) is 9.70. The number of aromatic nitrogens is 3. The van der Waals surface area contributed by atoms with E-state index in [4.69, 9.17) is 26.8 Å². The van der Waals surface area contributed by atoms with Crippen molar-refractivity contribution in [2.24, 2.45) is 5.92 Å². The van der Waals surface area contributed by atoms with E-state index < -0.39 is 51.1 Å². The minimum atomic E-state index is -4.96. The molecule has 3 aromatic rings. The number of hydrogen-bond acceptors (Lipinski definition) is 9. The van der Waals surface area contributed by atoms with Gasteiger partial charge in [-0.05, 0) is 50.3 Å². The van der Waals surface area contributed by atoms with E-state index in [-0.39, 0.29) is 66.5 Å². The predicted molar refractivity (Wildman–Crippen MR) is 152 cm³/mol. The van der Waals surface area contributed by atoms with E-state index in [1.807, 2.05) is 4.90 Å². The molecule has 3 N–H and O–H groups in total. The number of halogens is 6. The van der Waals surface area contributed by atoms with Gasteiger partial charge in [-0.2, -0.15) is 23.1 Å². The normalized spacial score (nSPS) is 28.2. The van der Waals surface area contributed by atoms with Crippen molar-refractivity contribution in [3.05, 3.63) is 28.5 Å². The second-order valence-corrected chi connectivity index (χ2v) is 12.9. The third kappa shape index (κ3) is 4.51. The second kappa shape index (κ2) is 10.1. The molecular formula is C29H30ClF5N6O3. The number of nitrogens with zero attached hydrogens (tertiary/aromatic N) is 5. The molecule has 0 amide bonds. The summed E-state index contributed by atoms with van der Waals surface area (Å²) in [5.41, 5.74) is 1.53. The first-order chi connectivity index (χ1) is 20.8. The zero-order chi connectivity index (χ0) is 31.2. The molecule has 2 saturated heterocycles. The van der Waals surface area contributed by atoms with Gasteiger partial charge in [0, 0.05) is 37.9 Å². The van der Waals surface area contributed by atoms with E-state index in [0.29, 0.717) is 19.4 Å². The summed E-state index contributed by atoms with van der Waals surface area (Å²) in [7, 11) is 1.75. The highest BCUT2D eigenvalue weighted by Gasteiger charge is 2.52. The quantitative estimate of drug-likeness (QED) is 0.294. The van der Waals surface area contributed by atoms with E-state index in [1.54, 1.807) is 7.05 Å². The number of likely N-dealkylation sites (N-methyl/N-ethyl adjacent to an activating group) is 1. The van der Waals surface area contributed by atoms with Crippen LogP contribution in [0.5, 0.6) is 11.9 Å². The summed E-state index contributed by atoms with van der Waals surface area (Å²) < 4.78 is 85.7. The lowest BCUT2D eigenvalue weighted by molar-refractivity contribution is -0.137. The largest absolute Gasteiger partial charge is 0.475 e. The van der Waals surface area contributed by atoms with Crippen LogP contribution in [-0.2, 0) is 6.18 Å². The topological polar surface area (TPSA) is 110 Å². The molecule has 0 radical (unpaired) electrons. The fourth-order valence-corrected chi connectivity index (χ4v) is 7.84. The molecule has 1 aliphatic carbocycles. The van der Waals surface area contributed by atoms with Crippen molar-refractivity contribution >= 4 is 34.0 Å². The summed E-state index contributed by atoms with van der Waals surface area (Å²) in [5, 5.41) is 9.08. The lowest BCUT2D eigenvalue weighted by Crippen LogP contribution is -2.60. The SMILES string of the molecule is CN1c2nc(OC[C@@]34CCCN3C[C@H](F)C4)nc3c(F)c(-c4cc(N)cc(Cl)c4C(F)(F)F)nc(c23)OCC12CC(CO)C2. The van der Waals surface area contributed by atoms with Crippen LogP contribution in [0.2, 0.25) is 5.02 Å². The van der Waals surface area contributed by atoms with Crippen LogP contribution in [0, 0.1) is 11.7 Å². The molecule has 44 heavy (non-hydrogen) atoms. The Kier molecular flexibility index (Phi) is 6.80. The Morgan fingerprint density at radius 2 is 1.98 bits per heavy atom. The van der Waals surface area contributed by atoms with E-state index in [1.165, 1.54) is 0 Å². The van der Waals surface area contributed by atoms with Crippen LogP contribution in [0.1, 0.15) is 37.7 Å². The van der Waals surface area contributed by atoms with Gasteiger partial charge >= 0.3 is 12.2 Å². The maximum Gasteiger partial charge on any atom is 0.418 e. The molecule has 9 nitrogen and oxygen atoms in total. The monoisotopic (exact) mass is 640 g/mol. The van der Waals surface area contributed by atoms with Crippen LogP contribution in [0.4, 0.5) is 33.5 Å². The first-order valence-electron chi connectivity index (χ1n) is 14.4. The predicted octanol–water partition coefficient (Wildman–Crippen LogP) is 5.01. The number of rotatable bonds is 5. The van der Waals surface area contributed by atoms with Gasteiger partial charge in [-0.3, -0.25) is 4.90 Å². The molecule has 15 heteroatoms. The molecule has 0 unspecified atom stereocenters. The molecule has 0 bridgehead atoms. The van der Waals surface area contributed by atoms with Crippen molar-refractivity contribution in [3.63, 3.8) is 0 Å². The number of ether oxygens (including phenoxy) is 2. The number of nitrogen functional groups attached to an aromatic ring is 1. The van der Waals surface area contributed by atoms with Gasteiger partial charge in [0.15, 0.2) is 5.82 Å². The van der Waals surface area contributed by atoms with E-state index in [0.717, 1.165) is 31.5 Å². The first-order valence-corrected chi connectivity index (χ1v) is 14.8. The Hall–Kier alpha value is -3.23. The number of alkyl halides is 4. The van der Waals surface area contributed by atoms with E-state index in [2.05, 4.69) is 19.9 Å². The lowest BCUT2D eigenvalue weighted by atomic mass is 9.68. The lowest BCUT2D eigenvalue weighted by Gasteiger charge is -2.51. The maximum atomic E-state index is 16.5. The molecule has 3 fully saturated rings. The fourth-order valence-electron chi connectivity index (χ4n) is 7.50. The summed E-state index contributed by atoms with van der Waals surface area (Å²) in [4.78, 5) is 17.1. The molecule has 1 aromatic carbocycles. The van der Waals surface area contributed by atoms with Gasteiger partial charge in [0.25, 0.3) is 0 Å². The highest BCUT2D eigenvalue weighted by Crippen LogP contribution is 2.51. The standard InChI is InChI=1S/C29H30ClF5N6O3/c1-40-24-19-23(38-26(39-24)44-12-27-3-2-4-41(27)10-15(31)9-27)21(32)22(17-5-16(36)6-18(30)20(17)29(33,34)35)37-25(19)43-13-28(40)7-14(8-28)11-42/h5-6,14-15,42H,2-4,7-13,36H2,1H3/t14?,15-,27+,28?/m1/s1. The molecule has 1 spiro atoms. The Bertz CT molecular complexity index is 1650. The minimum Gasteiger partial charge on any atom is -0.475 e. The van der Waals surface area contributed by atoms with Gasteiger partial charge in [-0.25, -0.2) is 13.8 Å². The highest BCUT2D eigenvalue weighted by atomic mass is 35.5. The number of aliphatic hydroxyl groups is 1. The molecule has 236 valence electrons. The van der Waals surface area contributed by atoms with Gasteiger partial charge in [0.05, 0.1) is 21.7 Å². The number of aliphatic hydroxyl groups excluding tert-OH is 1. The molecule has 3 aliphatic heterocycles. The van der Waals surface area contributed by atoms with E-state index in [9.17, 15) is 22.7 Å². The molecule has 4 aliphatic rings. The van der Waals surface area contributed by atoms with Crippen molar-refractivity contribution in [1.29, 1.82) is 0 Å². The number of pyridine rings is 1. The zero-order valence-corrected chi connectivity index (χ0v) is 24.5. The van der Waals surface area contributed by atoms with Crippen LogP contribution >= 0.6 is 11.6 Å². The summed E-state index contributed by atoms with van der Waals surface area (Å²) in [6.07, 6.45) is -3.00. The zero-order valence-electron chi connectivity index (χ0n) is 23.7. The van der Waals surface area contributed by atoms with Crippen LogP contribution in [0.15, 0.2) is 12.1 Å². The summed E-state index contributed by atoms with van der Waals surface area (Å²) in [5.74, 6) is -1.09. The first kappa shape index (κ1) is 29.5. The van der Waals surface area contributed by atoms with Crippen molar-refractivity contribution in [2.45, 2.75) is 55.5 Å². The molecule has 2 atom stereocenters. The summed E-state index contributed by atoms with van der Waals surface area (Å²) in [6.45, 7) is 1.13. The Morgan fingerprint density at radius 1 is 1.20 bits per heavy atom. The molecular weight excluding hydrogens is 611 g/mol. The van der Waals surface area contributed by atoms with Gasteiger partial charge < -0.3 is 25.2 Å². The van der Waals surface area contributed by atoms with Gasteiger partial charge in [0.1, 0.15) is 41.8 Å². The van der Waals surface area contributed by atoms with Crippen molar-refractivity contribution < 1.29 is 36.5 Å². The maximum absolute atomic E-state index is 16.5. The van der Waals surface area contributed by atoms with Crippen LogP contribution in [-0.4, -0.2) is 82.2 Å². The molecule has 7 rings (SSSR count). The van der Waals surface area contributed by atoms with Crippen molar-refractivity contribution in [2.75, 3.05) is 50.6 Å². The van der Waals surface area contributed by atoms with E-state index >= 15 is 4.39 Å². The van der Waals surface area contributed by atoms with Crippen molar-refractivity contribution in [1.82, 2.24) is 19.9 Å². The summed E-state index contributed by atoms with van der Waals surface area (Å²) >= 11 is 5.98. The number of hydrogen-bond donors (Lipinski definition) is 2. The number of nitrogens with two attached hydrogens (primary N) is 1. The van der Waals surface area contributed by atoms with Crippen molar-refractivity contribution in [3.8, 4) is 23.1 Å². The second-order valence-electron chi connectivity index (χ2n) is 12.4. The summed E-state index contributed by atoms with van der Waals surface area (Å²) in [6, 6.07) is 1.69. The average Bonchev–Trinajstić information content (AvgIpc) is 3.42. The number of benzene rings is 1. The Labute approximate surface area is 254 Å². The van der Waals surface area contributed by atoms with Gasteiger partial charge in [0.2, 0.25) is 5.88 Å². The Balaban J connectivity index is 1.40. The van der Waals surface area contributed by atoms with Gasteiger partial charge in [-0.1, -0.05) is 11.6 Å². The van der Waals surface area contributed by atoms with Crippen LogP contribution in [0.25, 0.3) is 22.2 Å². The highest BCUT2D eigenvalue weighted by molar-refractivity contribution is 6.32. The third-order valence-corrected chi connectivity index (χ3v) is 9.99.